The molecule has 2 fully saturated rings. The van der Waals surface area contributed by atoms with Crippen LogP contribution in [-0.2, 0) is 19.3 Å². The van der Waals surface area contributed by atoms with Crippen LogP contribution in [0, 0.1) is 5.82 Å². The third-order valence-corrected chi connectivity index (χ3v) is 8.07. The van der Waals surface area contributed by atoms with Crippen LogP contribution >= 0.6 is 0 Å². The Morgan fingerprint density at radius 2 is 1.68 bits per heavy atom. The summed E-state index contributed by atoms with van der Waals surface area (Å²) in [7, 11) is 1.47. The number of hydrogen-bond acceptors (Lipinski definition) is 4. The Morgan fingerprint density at radius 1 is 0.925 bits per heavy atom. The van der Waals surface area contributed by atoms with E-state index in [0.717, 1.165) is 31.1 Å². The van der Waals surface area contributed by atoms with Crippen LogP contribution in [-0.4, -0.2) is 47.3 Å². The van der Waals surface area contributed by atoms with E-state index in [1.807, 2.05) is 11.0 Å². The average Bonchev–Trinajstić information content (AvgIpc) is 3.48. The molecule has 3 heterocycles. The predicted octanol–water partition coefficient (Wildman–Crippen LogP) is 5.67. The van der Waals surface area contributed by atoms with Crippen molar-refractivity contribution in [3.63, 3.8) is 0 Å². The van der Waals surface area contributed by atoms with Crippen molar-refractivity contribution in [1.29, 1.82) is 0 Å². The summed E-state index contributed by atoms with van der Waals surface area (Å²) in [6.07, 6.45) is -2.82. The van der Waals surface area contributed by atoms with Gasteiger partial charge in [0.2, 0.25) is 0 Å². The molecule has 1 unspecified atom stereocenters. The molecule has 2 aliphatic rings. The number of para-hydroxylation sites is 2. The van der Waals surface area contributed by atoms with Crippen LogP contribution in [0.15, 0.2) is 65.5 Å². The number of halogens is 4. The van der Waals surface area contributed by atoms with E-state index in [2.05, 4.69) is 4.90 Å². The van der Waals surface area contributed by atoms with Crippen molar-refractivity contribution in [2.24, 2.45) is 0 Å². The number of imidazole rings is 1. The highest BCUT2D eigenvalue weighted by Crippen LogP contribution is 2.36. The van der Waals surface area contributed by atoms with Crippen molar-refractivity contribution < 1.29 is 22.3 Å². The van der Waals surface area contributed by atoms with Gasteiger partial charge < -0.3 is 9.64 Å². The second-order valence-corrected chi connectivity index (χ2v) is 10.5. The molecule has 0 aliphatic carbocycles. The van der Waals surface area contributed by atoms with Crippen LogP contribution < -0.4 is 15.3 Å². The SMILES string of the molecule is COc1cccc2c1n(Cc1ccccc1C(F)(F)F)c(=O)n2C1CCN(c2c(F)cccc2CN2CCC2)C1. The van der Waals surface area contributed by atoms with E-state index in [1.165, 1.54) is 35.9 Å². The molecule has 0 radical (unpaired) electrons. The van der Waals surface area contributed by atoms with Crippen LogP contribution in [0.5, 0.6) is 5.75 Å². The zero-order valence-electron chi connectivity index (χ0n) is 22.1. The Bertz CT molecular complexity index is 1610. The van der Waals surface area contributed by atoms with Crippen LogP contribution in [0.1, 0.15) is 35.6 Å². The number of benzene rings is 3. The fourth-order valence-electron chi connectivity index (χ4n) is 6.05. The molecular formula is C30H30F4N4O2. The van der Waals surface area contributed by atoms with Gasteiger partial charge in [0, 0.05) is 19.6 Å². The number of likely N-dealkylation sites (tertiary alicyclic amines) is 1. The molecule has 0 amide bonds. The highest BCUT2D eigenvalue weighted by Gasteiger charge is 2.35. The zero-order valence-corrected chi connectivity index (χ0v) is 22.1. The second-order valence-electron chi connectivity index (χ2n) is 10.5. The molecule has 0 N–H and O–H groups in total. The largest absolute Gasteiger partial charge is 0.494 e. The van der Waals surface area contributed by atoms with E-state index >= 15 is 4.39 Å². The average molecular weight is 555 g/mol. The van der Waals surface area contributed by atoms with Gasteiger partial charge in [0.1, 0.15) is 17.1 Å². The fraction of sp³-hybridized carbons (Fsp3) is 0.367. The first kappa shape index (κ1) is 26.4. The molecule has 0 bridgehead atoms. The van der Waals surface area contributed by atoms with Crippen LogP contribution in [0.4, 0.5) is 23.2 Å². The van der Waals surface area contributed by atoms with Crippen LogP contribution in [0.2, 0.25) is 0 Å². The van der Waals surface area contributed by atoms with E-state index < -0.39 is 17.4 Å². The molecule has 2 aliphatic heterocycles. The molecule has 40 heavy (non-hydrogen) atoms. The van der Waals surface area contributed by atoms with E-state index in [-0.39, 0.29) is 24.0 Å². The lowest BCUT2D eigenvalue weighted by molar-refractivity contribution is -0.138. The summed E-state index contributed by atoms with van der Waals surface area (Å²) >= 11 is 0. The molecule has 1 aromatic heterocycles. The van der Waals surface area contributed by atoms with Gasteiger partial charge in [0.15, 0.2) is 0 Å². The number of anilines is 1. The van der Waals surface area contributed by atoms with Gasteiger partial charge in [0.25, 0.3) is 0 Å². The van der Waals surface area contributed by atoms with Crippen molar-refractivity contribution in [3.05, 3.63) is 93.7 Å². The van der Waals surface area contributed by atoms with Gasteiger partial charge in [-0.25, -0.2) is 9.18 Å². The Labute approximate surface area is 229 Å². The molecule has 3 aromatic carbocycles. The summed E-state index contributed by atoms with van der Waals surface area (Å²) in [5.41, 5.74) is 1.30. The molecule has 4 aromatic rings. The van der Waals surface area contributed by atoms with Gasteiger partial charge in [-0.3, -0.25) is 14.0 Å². The van der Waals surface area contributed by atoms with Gasteiger partial charge >= 0.3 is 11.9 Å². The lowest BCUT2D eigenvalue weighted by Crippen LogP contribution is -2.37. The number of alkyl halides is 3. The highest BCUT2D eigenvalue weighted by molar-refractivity contribution is 5.83. The van der Waals surface area contributed by atoms with Crippen molar-refractivity contribution in [2.45, 2.75) is 38.1 Å². The topological polar surface area (TPSA) is 42.6 Å². The highest BCUT2D eigenvalue weighted by atomic mass is 19.4. The maximum Gasteiger partial charge on any atom is 0.416 e. The number of methoxy groups -OCH3 is 1. The molecule has 0 saturated carbocycles. The van der Waals surface area contributed by atoms with Crippen molar-refractivity contribution in [1.82, 2.24) is 14.0 Å². The minimum atomic E-state index is -4.55. The number of aromatic nitrogens is 2. The minimum absolute atomic E-state index is 0.00269. The predicted molar refractivity (Wildman–Crippen MR) is 145 cm³/mol. The summed E-state index contributed by atoms with van der Waals surface area (Å²) in [5.74, 6) is 0.109. The normalized spacial score (nSPS) is 17.9. The number of rotatable bonds is 7. The van der Waals surface area contributed by atoms with Gasteiger partial charge in [-0.2, -0.15) is 13.2 Å². The molecule has 1 atom stereocenters. The minimum Gasteiger partial charge on any atom is -0.494 e. The summed E-state index contributed by atoms with van der Waals surface area (Å²) < 4.78 is 65.1. The van der Waals surface area contributed by atoms with E-state index in [0.29, 0.717) is 48.5 Å². The van der Waals surface area contributed by atoms with E-state index in [9.17, 15) is 18.0 Å². The summed E-state index contributed by atoms with van der Waals surface area (Å²) in [4.78, 5) is 18.2. The summed E-state index contributed by atoms with van der Waals surface area (Å²) in [6, 6.07) is 15.4. The third-order valence-electron chi connectivity index (χ3n) is 8.07. The monoisotopic (exact) mass is 554 g/mol. The molecule has 6 rings (SSSR count). The van der Waals surface area contributed by atoms with Crippen LogP contribution in [0.3, 0.4) is 0 Å². The molecule has 210 valence electrons. The van der Waals surface area contributed by atoms with E-state index in [4.69, 9.17) is 4.74 Å². The number of hydrogen-bond donors (Lipinski definition) is 0. The standard InChI is InChI=1S/C30H30F4N4O2/c1-40-26-12-5-11-25-28(26)37(18-20-7-2-3-9-23(20)30(32,33)34)29(39)38(25)22-13-16-36(19-22)27-21(8-4-10-24(27)31)17-35-14-6-15-35/h2-5,7-12,22H,6,13-19H2,1H3. The molecule has 0 spiro atoms. The molecule has 6 nitrogen and oxygen atoms in total. The summed E-state index contributed by atoms with van der Waals surface area (Å²) in [5, 5.41) is 0. The van der Waals surface area contributed by atoms with Crippen LogP contribution in [0.25, 0.3) is 11.0 Å². The maximum atomic E-state index is 15.2. The Morgan fingerprint density at radius 3 is 2.40 bits per heavy atom. The second kappa shape index (κ2) is 10.3. The molecular weight excluding hydrogens is 524 g/mol. The van der Waals surface area contributed by atoms with Gasteiger partial charge in [-0.15, -0.1) is 0 Å². The Hall–Kier alpha value is -3.79. The zero-order chi connectivity index (χ0) is 28.0. The quantitative estimate of drug-likeness (QED) is 0.276. The number of fused-ring (bicyclic) bond motifs is 1. The Kier molecular flexibility index (Phi) is 6.82. The fourth-order valence-corrected chi connectivity index (χ4v) is 6.05. The first-order valence-corrected chi connectivity index (χ1v) is 13.4. The molecule has 10 heteroatoms. The van der Waals surface area contributed by atoms with Crippen molar-refractivity contribution in [2.75, 3.05) is 38.2 Å². The summed E-state index contributed by atoms with van der Waals surface area (Å²) in [6.45, 7) is 3.35. The number of nitrogens with zero attached hydrogens (tertiary/aromatic N) is 4. The van der Waals surface area contributed by atoms with Gasteiger partial charge in [-0.1, -0.05) is 36.4 Å². The Balaban J connectivity index is 1.40. The van der Waals surface area contributed by atoms with E-state index in [1.54, 1.807) is 28.8 Å². The smallest absolute Gasteiger partial charge is 0.416 e. The number of ether oxygens (including phenoxy) is 1. The maximum absolute atomic E-state index is 15.2. The third kappa shape index (κ3) is 4.64. The lowest BCUT2D eigenvalue weighted by Gasteiger charge is -2.32. The van der Waals surface area contributed by atoms with Crippen molar-refractivity contribution >= 4 is 16.7 Å². The lowest BCUT2D eigenvalue weighted by atomic mass is 10.1. The van der Waals surface area contributed by atoms with Crippen molar-refractivity contribution in [3.8, 4) is 5.75 Å². The first-order chi connectivity index (χ1) is 19.3. The first-order valence-electron chi connectivity index (χ1n) is 13.4. The van der Waals surface area contributed by atoms with Gasteiger partial charge in [0.05, 0.1) is 36.5 Å². The molecule has 2 saturated heterocycles. The van der Waals surface area contributed by atoms with Gasteiger partial charge in [-0.05, 0) is 61.3 Å².